The summed E-state index contributed by atoms with van der Waals surface area (Å²) in [5.41, 5.74) is 0.385. The van der Waals surface area contributed by atoms with Crippen LogP contribution in [-0.4, -0.2) is 41.4 Å². The van der Waals surface area contributed by atoms with Crippen molar-refractivity contribution in [1.29, 1.82) is 0 Å². The van der Waals surface area contributed by atoms with Crippen molar-refractivity contribution >= 4 is 44.3 Å². The summed E-state index contributed by atoms with van der Waals surface area (Å²) in [7, 11) is -3.96. The summed E-state index contributed by atoms with van der Waals surface area (Å²) in [6.07, 6.45) is 8.37. The van der Waals surface area contributed by atoms with E-state index in [1.807, 2.05) is 0 Å². The van der Waals surface area contributed by atoms with Gasteiger partial charge in [0.15, 0.2) is 5.75 Å². The number of hydrogen-bond donors (Lipinski definition) is 3. The maximum absolute atomic E-state index is 13.1. The quantitative estimate of drug-likeness (QED) is 0.223. The van der Waals surface area contributed by atoms with Crippen LogP contribution in [-0.2, 0) is 14.8 Å². The number of rotatable bonds is 8. The summed E-state index contributed by atoms with van der Waals surface area (Å²) >= 11 is 0.885. The van der Waals surface area contributed by atoms with Crippen LogP contribution in [0.25, 0.3) is 10.9 Å². The molecule has 0 saturated heterocycles. The lowest BCUT2D eigenvalue weighted by atomic mass is 10.1. The molecule has 0 radical (unpaired) electrons. The normalized spacial score (nSPS) is 15.1. The molecule has 3 aromatic rings. The van der Waals surface area contributed by atoms with Gasteiger partial charge in [0.2, 0.25) is 0 Å². The third-order valence-electron chi connectivity index (χ3n) is 5.67. The van der Waals surface area contributed by atoms with Crippen molar-refractivity contribution in [3.8, 4) is 11.5 Å². The fourth-order valence-electron chi connectivity index (χ4n) is 3.99. The number of phenols is 1. The number of hydrogen-bond acceptors (Lipinski definition) is 7. The SMILES string of the molecule is O=C(O)CSc1cc(NS(=O)(=O)c2ccc(OC3CCCCCC3)cc2)c2cccnc2c1O. The van der Waals surface area contributed by atoms with Gasteiger partial charge in [-0.2, -0.15) is 0 Å². The highest BCUT2D eigenvalue weighted by atomic mass is 32.2. The smallest absolute Gasteiger partial charge is 0.313 e. The second-order valence-electron chi connectivity index (χ2n) is 8.16. The number of benzene rings is 2. The lowest BCUT2D eigenvalue weighted by Crippen LogP contribution is -2.16. The van der Waals surface area contributed by atoms with Gasteiger partial charge in [-0.3, -0.25) is 14.5 Å². The fourth-order valence-corrected chi connectivity index (χ4v) is 5.78. The number of nitrogens with zero attached hydrogens (tertiary/aromatic N) is 1. The van der Waals surface area contributed by atoms with Gasteiger partial charge in [-0.25, -0.2) is 8.42 Å². The van der Waals surface area contributed by atoms with Gasteiger partial charge in [0, 0.05) is 11.6 Å². The molecule has 34 heavy (non-hydrogen) atoms. The maximum Gasteiger partial charge on any atom is 0.313 e. The molecule has 1 fully saturated rings. The Morgan fingerprint density at radius 3 is 2.50 bits per heavy atom. The zero-order valence-corrected chi connectivity index (χ0v) is 20.1. The summed E-state index contributed by atoms with van der Waals surface area (Å²) in [5.74, 6) is -0.901. The molecular formula is C24H26N2O6S2. The van der Waals surface area contributed by atoms with Crippen molar-refractivity contribution in [2.75, 3.05) is 10.5 Å². The zero-order valence-electron chi connectivity index (χ0n) is 18.4. The number of phenolic OH excluding ortho intramolecular Hbond substituents is 1. The fraction of sp³-hybridized carbons (Fsp3) is 0.333. The van der Waals surface area contributed by atoms with Crippen LogP contribution >= 0.6 is 11.8 Å². The van der Waals surface area contributed by atoms with E-state index in [2.05, 4.69) is 9.71 Å². The second-order valence-corrected chi connectivity index (χ2v) is 10.9. The van der Waals surface area contributed by atoms with Gasteiger partial charge in [0.1, 0.15) is 11.3 Å². The highest BCUT2D eigenvalue weighted by Crippen LogP contribution is 2.39. The molecule has 180 valence electrons. The van der Waals surface area contributed by atoms with Crippen LogP contribution in [0.1, 0.15) is 38.5 Å². The van der Waals surface area contributed by atoms with E-state index in [1.165, 1.54) is 37.2 Å². The highest BCUT2D eigenvalue weighted by molar-refractivity contribution is 8.00. The van der Waals surface area contributed by atoms with E-state index in [0.717, 1.165) is 37.4 Å². The Balaban J connectivity index is 1.58. The molecule has 10 heteroatoms. The number of aromatic hydroxyl groups is 1. The molecule has 1 aliphatic carbocycles. The molecule has 0 unspecified atom stereocenters. The average Bonchev–Trinajstić information content (AvgIpc) is 3.09. The number of fused-ring (bicyclic) bond motifs is 1. The van der Waals surface area contributed by atoms with Gasteiger partial charge in [-0.1, -0.05) is 12.8 Å². The third kappa shape index (κ3) is 5.74. The molecule has 0 bridgehead atoms. The minimum atomic E-state index is -3.96. The Hall–Kier alpha value is -2.98. The molecule has 8 nitrogen and oxygen atoms in total. The molecular weight excluding hydrogens is 476 g/mol. The van der Waals surface area contributed by atoms with Gasteiger partial charge < -0.3 is 14.9 Å². The number of anilines is 1. The number of sulfonamides is 1. The number of pyridine rings is 1. The van der Waals surface area contributed by atoms with E-state index < -0.39 is 16.0 Å². The van der Waals surface area contributed by atoms with Crippen LogP contribution in [0.15, 0.2) is 58.5 Å². The van der Waals surface area contributed by atoms with Gasteiger partial charge in [0.25, 0.3) is 10.0 Å². The van der Waals surface area contributed by atoms with Crippen molar-refractivity contribution < 1.29 is 28.2 Å². The summed E-state index contributed by atoms with van der Waals surface area (Å²) in [5, 5.41) is 19.9. The molecule has 1 heterocycles. The average molecular weight is 503 g/mol. The van der Waals surface area contributed by atoms with Crippen LogP contribution in [0.4, 0.5) is 5.69 Å². The van der Waals surface area contributed by atoms with Crippen molar-refractivity contribution in [2.45, 2.75) is 54.4 Å². The van der Waals surface area contributed by atoms with Crippen LogP contribution in [0.2, 0.25) is 0 Å². The van der Waals surface area contributed by atoms with Gasteiger partial charge in [0.05, 0.1) is 27.3 Å². The lowest BCUT2D eigenvalue weighted by molar-refractivity contribution is -0.133. The predicted molar refractivity (Wildman–Crippen MR) is 131 cm³/mol. The van der Waals surface area contributed by atoms with E-state index in [-0.39, 0.29) is 38.6 Å². The molecule has 0 amide bonds. The van der Waals surface area contributed by atoms with Crippen LogP contribution in [0.3, 0.4) is 0 Å². The van der Waals surface area contributed by atoms with Crippen LogP contribution in [0.5, 0.6) is 11.5 Å². The van der Waals surface area contributed by atoms with E-state index in [9.17, 15) is 18.3 Å². The Labute approximate surface area is 202 Å². The molecule has 4 rings (SSSR count). The molecule has 0 spiro atoms. The Morgan fingerprint density at radius 2 is 1.82 bits per heavy atom. The second kappa shape index (κ2) is 10.5. The third-order valence-corrected chi connectivity index (χ3v) is 8.06. The number of carboxylic acids is 1. The number of ether oxygens (including phenoxy) is 1. The number of nitrogens with one attached hydrogen (secondary N) is 1. The van der Waals surface area contributed by atoms with Crippen LogP contribution in [0, 0.1) is 0 Å². The van der Waals surface area contributed by atoms with Gasteiger partial charge >= 0.3 is 5.97 Å². The number of carboxylic acid groups (broad SMARTS) is 1. The summed E-state index contributed by atoms with van der Waals surface area (Å²) in [6.45, 7) is 0. The first-order valence-corrected chi connectivity index (χ1v) is 13.6. The van der Waals surface area contributed by atoms with Crippen molar-refractivity contribution in [3.05, 3.63) is 48.7 Å². The molecule has 1 saturated carbocycles. The van der Waals surface area contributed by atoms with E-state index in [4.69, 9.17) is 9.84 Å². The lowest BCUT2D eigenvalue weighted by Gasteiger charge is -2.17. The summed E-state index contributed by atoms with van der Waals surface area (Å²) in [6, 6.07) is 11.0. The van der Waals surface area contributed by atoms with E-state index in [0.29, 0.717) is 11.1 Å². The number of thioether (sulfide) groups is 1. The van der Waals surface area contributed by atoms with Gasteiger partial charge in [-0.05, 0) is 68.1 Å². The molecule has 2 aromatic carbocycles. The van der Waals surface area contributed by atoms with Crippen molar-refractivity contribution in [1.82, 2.24) is 4.98 Å². The number of carbonyl (C=O) groups is 1. The maximum atomic E-state index is 13.1. The van der Waals surface area contributed by atoms with Gasteiger partial charge in [-0.15, -0.1) is 11.8 Å². The predicted octanol–water partition coefficient (Wildman–Crippen LogP) is 5.02. The van der Waals surface area contributed by atoms with E-state index in [1.54, 1.807) is 24.3 Å². The molecule has 3 N–H and O–H groups in total. The minimum absolute atomic E-state index is 0.0607. The monoisotopic (exact) mass is 502 g/mol. The highest BCUT2D eigenvalue weighted by Gasteiger charge is 2.20. The van der Waals surface area contributed by atoms with E-state index >= 15 is 0 Å². The standard InChI is InChI=1S/C24H26N2O6S2/c27-22(28)15-33-21-14-20(19-8-5-13-25-23(19)24(21)29)26-34(30,31)18-11-9-17(10-12-18)32-16-6-3-1-2-4-7-16/h5,8-14,16,26,29H,1-4,6-7,15H2,(H,27,28). The first-order valence-electron chi connectivity index (χ1n) is 11.1. The molecule has 1 aliphatic rings. The molecule has 0 atom stereocenters. The Morgan fingerprint density at radius 1 is 1.12 bits per heavy atom. The molecule has 0 aliphatic heterocycles. The topological polar surface area (TPSA) is 126 Å². The van der Waals surface area contributed by atoms with Crippen molar-refractivity contribution in [2.24, 2.45) is 0 Å². The summed E-state index contributed by atoms with van der Waals surface area (Å²) < 4.78 is 34.9. The Bertz CT molecular complexity index is 1270. The minimum Gasteiger partial charge on any atom is -0.505 e. The zero-order chi connectivity index (χ0) is 24.1. The largest absolute Gasteiger partial charge is 0.505 e. The molecule has 1 aromatic heterocycles. The Kier molecular flexibility index (Phi) is 7.47. The van der Waals surface area contributed by atoms with Crippen LogP contribution < -0.4 is 9.46 Å². The first kappa shape index (κ1) is 24.2. The first-order chi connectivity index (χ1) is 16.3. The number of aliphatic carboxylic acids is 1. The summed E-state index contributed by atoms with van der Waals surface area (Å²) in [4.78, 5) is 15.4. The number of aromatic nitrogens is 1. The van der Waals surface area contributed by atoms with Crippen molar-refractivity contribution in [3.63, 3.8) is 0 Å².